The zero-order valence-corrected chi connectivity index (χ0v) is 13.3. The van der Waals surface area contributed by atoms with E-state index in [-0.39, 0.29) is 0 Å². The maximum Gasteiger partial charge on any atom is 0.209 e. The summed E-state index contributed by atoms with van der Waals surface area (Å²) in [5.74, 6) is 0.596. The molecule has 112 valence electrons. The minimum absolute atomic E-state index is 0.490. The standard InChI is InChI=1S/C15H16ClNO3S/c1-20-14-10-6-4-8-12(14)15(17-21(2,18)19)11-7-3-5-9-13(11)16/h3-10,15,17H,1-2H3. The predicted octanol–water partition coefficient (Wildman–Crippen LogP) is 2.99. The molecule has 0 spiro atoms. The minimum atomic E-state index is -3.43. The van der Waals surface area contributed by atoms with Crippen molar-refractivity contribution in [2.45, 2.75) is 6.04 Å². The molecule has 0 aliphatic carbocycles. The van der Waals surface area contributed by atoms with E-state index in [0.29, 0.717) is 21.9 Å². The van der Waals surface area contributed by atoms with E-state index >= 15 is 0 Å². The molecule has 0 heterocycles. The molecule has 0 aliphatic heterocycles. The molecule has 0 amide bonds. The van der Waals surface area contributed by atoms with Gasteiger partial charge >= 0.3 is 0 Å². The molecule has 21 heavy (non-hydrogen) atoms. The highest BCUT2D eigenvalue weighted by atomic mass is 35.5. The van der Waals surface area contributed by atoms with E-state index in [2.05, 4.69) is 4.72 Å². The fourth-order valence-electron chi connectivity index (χ4n) is 2.12. The summed E-state index contributed by atoms with van der Waals surface area (Å²) in [6.45, 7) is 0. The summed E-state index contributed by atoms with van der Waals surface area (Å²) >= 11 is 6.22. The number of halogens is 1. The van der Waals surface area contributed by atoms with Crippen LogP contribution in [0.15, 0.2) is 48.5 Å². The summed E-state index contributed by atoms with van der Waals surface area (Å²) in [5.41, 5.74) is 1.38. The van der Waals surface area contributed by atoms with Gasteiger partial charge in [-0.25, -0.2) is 13.1 Å². The molecule has 0 saturated heterocycles. The Hall–Kier alpha value is -1.56. The Kier molecular flexibility index (Phi) is 4.88. The van der Waals surface area contributed by atoms with Crippen LogP contribution in [0.4, 0.5) is 0 Å². The number of benzene rings is 2. The van der Waals surface area contributed by atoms with Crippen LogP contribution >= 0.6 is 11.6 Å². The van der Waals surface area contributed by atoms with Gasteiger partial charge in [-0.05, 0) is 17.7 Å². The van der Waals surface area contributed by atoms with Crippen molar-refractivity contribution in [3.05, 3.63) is 64.7 Å². The van der Waals surface area contributed by atoms with Crippen LogP contribution in [0.3, 0.4) is 0 Å². The fourth-order valence-corrected chi connectivity index (χ4v) is 3.05. The van der Waals surface area contributed by atoms with Crippen molar-refractivity contribution >= 4 is 21.6 Å². The van der Waals surface area contributed by atoms with Crippen LogP contribution in [-0.2, 0) is 10.0 Å². The maximum absolute atomic E-state index is 11.7. The zero-order chi connectivity index (χ0) is 15.5. The third-order valence-electron chi connectivity index (χ3n) is 3.00. The summed E-state index contributed by atoms with van der Waals surface area (Å²) < 4.78 is 31.3. The largest absolute Gasteiger partial charge is 0.496 e. The lowest BCUT2D eigenvalue weighted by Crippen LogP contribution is -2.28. The molecule has 2 aromatic rings. The Labute approximate surface area is 129 Å². The van der Waals surface area contributed by atoms with Gasteiger partial charge in [0.25, 0.3) is 0 Å². The molecule has 0 fully saturated rings. The number of methoxy groups -OCH3 is 1. The summed E-state index contributed by atoms with van der Waals surface area (Å²) in [7, 11) is -1.88. The molecule has 2 aromatic carbocycles. The van der Waals surface area contributed by atoms with Gasteiger partial charge in [0.1, 0.15) is 5.75 Å². The van der Waals surface area contributed by atoms with E-state index in [1.807, 2.05) is 24.3 Å². The Bertz CT molecular complexity index is 731. The predicted molar refractivity (Wildman–Crippen MR) is 84.3 cm³/mol. The lowest BCUT2D eigenvalue weighted by atomic mass is 9.99. The number of ether oxygens (including phenoxy) is 1. The van der Waals surface area contributed by atoms with E-state index in [9.17, 15) is 8.42 Å². The van der Waals surface area contributed by atoms with Crippen LogP contribution in [0.2, 0.25) is 5.02 Å². The molecule has 2 rings (SSSR count). The average Bonchev–Trinajstić information content (AvgIpc) is 2.44. The maximum atomic E-state index is 11.7. The molecule has 1 unspecified atom stereocenters. The highest BCUT2D eigenvalue weighted by molar-refractivity contribution is 7.88. The van der Waals surface area contributed by atoms with Crippen LogP contribution in [-0.4, -0.2) is 21.8 Å². The third kappa shape index (κ3) is 3.97. The lowest BCUT2D eigenvalue weighted by molar-refractivity contribution is 0.406. The van der Waals surface area contributed by atoms with Gasteiger partial charge in [-0.1, -0.05) is 48.0 Å². The first-order valence-corrected chi connectivity index (χ1v) is 8.54. The number of para-hydroxylation sites is 1. The smallest absolute Gasteiger partial charge is 0.209 e. The summed E-state index contributed by atoms with van der Waals surface area (Å²) in [4.78, 5) is 0. The molecule has 4 nitrogen and oxygen atoms in total. The highest BCUT2D eigenvalue weighted by Crippen LogP contribution is 2.33. The molecular formula is C15H16ClNO3S. The number of sulfonamides is 1. The van der Waals surface area contributed by atoms with Crippen LogP contribution in [0, 0.1) is 0 Å². The van der Waals surface area contributed by atoms with E-state index < -0.39 is 16.1 Å². The second kappa shape index (κ2) is 6.47. The van der Waals surface area contributed by atoms with Gasteiger partial charge in [-0.2, -0.15) is 0 Å². The second-order valence-electron chi connectivity index (χ2n) is 4.59. The number of nitrogens with one attached hydrogen (secondary N) is 1. The Morgan fingerprint density at radius 3 is 2.19 bits per heavy atom. The topological polar surface area (TPSA) is 55.4 Å². The Morgan fingerprint density at radius 2 is 1.62 bits per heavy atom. The van der Waals surface area contributed by atoms with Gasteiger partial charge in [0.05, 0.1) is 19.4 Å². The first-order chi connectivity index (χ1) is 9.92. The molecule has 6 heteroatoms. The molecule has 1 N–H and O–H groups in total. The van der Waals surface area contributed by atoms with Gasteiger partial charge in [0, 0.05) is 10.6 Å². The van der Waals surface area contributed by atoms with Crippen molar-refractivity contribution in [2.75, 3.05) is 13.4 Å². The highest BCUT2D eigenvalue weighted by Gasteiger charge is 2.23. The van der Waals surface area contributed by atoms with Gasteiger partial charge in [-0.3, -0.25) is 0 Å². The van der Waals surface area contributed by atoms with E-state index in [0.717, 1.165) is 6.26 Å². The van der Waals surface area contributed by atoms with Crippen molar-refractivity contribution in [1.29, 1.82) is 0 Å². The van der Waals surface area contributed by atoms with Gasteiger partial charge in [0.2, 0.25) is 10.0 Å². The van der Waals surface area contributed by atoms with E-state index in [4.69, 9.17) is 16.3 Å². The molecule has 0 radical (unpaired) electrons. The van der Waals surface area contributed by atoms with Crippen molar-refractivity contribution < 1.29 is 13.2 Å². The third-order valence-corrected chi connectivity index (χ3v) is 4.01. The molecular weight excluding hydrogens is 310 g/mol. The van der Waals surface area contributed by atoms with E-state index in [1.54, 1.807) is 31.4 Å². The molecule has 1 atom stereocenters. The number of rotatable bonds is 5. The van der Waals surface area contributed by atoms with Crippen LogP contribution in [0.5, 0.6) is 5.75 Å². The summed E-state index contributed by atoms with van der Waals surface area (Å²) in [6, 6.07) is 13.8. The fraction of sp³-hybridized carbons (Fsp3) is 0.200. The first kappa shape index (κ1) is 15.8. The van der Waals surface area contributed by atoms with Crippen molar-refractivity contribution in [3.63, 3.8) is 0 Å². The molecule has 0 saturated carbocycles. The Balaban J connectivity index is 2.59. The quantitative estimate of drug-likeness (QED) is 0.919. The summed E-state index contributed by atoms with van der Waals surface area (Å²) in [6.07, 6.45) is 1.12. The molecule has 0 aliphatic rings. The lowest BCUT2D eigenvalue weighted by Gasteiger charge is -2.21. The van der Waals surface area contributed by atoms with E-state index in [1.165, 1.54) is 0 Å². The number of hydrogen-bond acceptors (Lipinski definition) is 3. The van der Waals surface area contributed by atoms with Crippen LogP contribution in [0.1, 0.15) is 17.2 Å². The van der Waals surface area contributed by atoms with Crippen molar-refractivity contribution in [2.24, 2.45) is 0 Å². The molecule has 0 aromatic heterocycles. The molecule has 0 bridgehead atoms. The second-order valence-corrected chi connectivity index (χ2v) is 6.77. The zero-order valence-electron chi connectivity index (χ0n) is 11.7. The normalized spacial score (nSPS) is 12.9. The Morgan fingerprint density at radius 1 is 1.05 bits per heavy atom. The minimum Gasteiger partial charge on any atom is -0.496 e. The first-order valence-electron chi connectivity index (χ1n) is 6.27. The van der Waals surface area contributed by atoms with Gasteiger partial charge < -0.3 is 4.74 Å². The van der Waals surface area contributed by atoms with Crippen LogP contribution < -0.4 is 9.46 Å². The van der Waals surface area contributed by atoms with Crippen molar-refractivity contribution in [1.82, 2.24) is 4.72 Å². The van der Waals surface area contributed by atoms with Crippen molar-refractivity contribution in [3.8, 4) is 5.75 Å². The number of hydrogen-bond donors (Lipinski definition) is 1. The van der Waals surface area contributed by atoms with Gasteiger partial charge in [-0.15, -0.1) is 0 Å². The monoisotopic (exact) mass is 325 g/mol. The van der Waals surface area contributed by atoms with Crippen LogP contribution in [0.25, 0.3) is 0 Å². The summed E-state index contributed by atoms with van der Waals surface area (Å²) in [5, 5.41) is 0.490. The average molecular weight is 326 g/mol. The SMILES string of the molecule is COc1ccccc1C(NS(C)(=O)=O)c1ccccc1Cl. The van der Waals surface area contributed by atoms with Gasteiger partial charge in [0.15, 0.2) is 0 Å².